The number of rotatable bonds is 3. The summed E-state index contributed by atoms with van der Waals surface area (Å²) in [7, 11) is 0. The number of nitrogens with one attached hydrogen (secondary N) is 1. The Bertz CT molecular complexity index is 200. The molecule has 0 aromatic heterocycles. The molecule has 0 aromatic rings. The first-order chi connectivity index (χ1) is 7.16. The molecule has 2 rings (SSSR count). The second-order valence-corrected chi connectivity index (χ2v) is 5.34. The highest BCUT2D eigenvalue weighted by Gasteiger charge is 2.32. The van der Waals surface area contributed by atoms with E-state index in [-0.39, 0.29) is 5.60 Å². The molecule has 0 spiro atoms. The third kappa shape index (κ3) is 3.44. The Hall–Kier alpha value is -0.120. The number of hydrogen-bond acceptors (Lipinski definition) is 3. The lowest BCUT2D eigenvalue weighted by Crippen LogP contribution is -2.37. The largest absolute Gasteiger partial charge is 0.374 e. The van der Waals surface area contributed by atoms with Gasteiger partial charge in [0.2, 0.25) is 0 Å². The molecular weight excluding hydrogens is 190 g/mol. The van der Waals surface area contributed by atoms with E-state index < -0.39 is 0 Å². The zero-order chi connectivity index (χ0) is 10.7. The lowest BCUT2D eigenvalue weighted by Gasteiger charge is -2.25. The average molecular weight is 213 g/mol. The molecular formula is C12H23NO2. The van der Waals surface area contributed by atoms with Gasteiger partial charge in [0.05, 0.1) is 24.4 Å². The summed E-state index contributed by atoms with van der Waals surface area (Å²) < 4.78 is 11.8. The van der Waals surface area contributed by atoms with Crippen molar-refractivity contribution < 1.29 is 9.47 Å². The lowest BCUT2D eigenvalue weighted by atomic mass is 10.1. The van der Waals surface area contributed by atoms with Crippen molar-refractivity contribution in [2.75, 3.05) is 19.7 Å². The van der Waals surface area contributed by atoms with Crippen LogP contribution in [0, 0.1) is 0 Å². The summed E-state index contributed by atoms with van der Waals surface area (Å²) in [5, 5.41) is 3.36. The van der Waals surface area contributed by atoms with Crippen molar-refractivity contribution in [3.63, 3.8) is 0 Å². The summed E-state index contributed by atoms with van der Waals surface area (Å²) in [6, 6.07) is 0. The highest BCUT2D eigenvalue weighted by Crippen LogP contribution is 2.29. The summed E-state index contributed by atoms with van der Waals surface area (Å²) in [6.45, 7) is 7.25. The van der Waals surface area contributed by atoms with E-state index >= 15 is 0 Å². The van der Waals surface area contributed by atoms with E-state index in [1.54, 1.807) is 0 Å². The zero-order valence-corrected chi connectivity index (χ0v) is 9.92. The second kappa shape index (κ2) is 4.81. The average Bonchev–Trinajstić information content (AvgIpc) is 2.57. The zero-order valence-electron chi connectivity index (χ0n) is 9.92. The van der Waals surface area contributed by atoms with Crippen molar-refractivity contribution in [3.05, 3.63) is 0 Å². The topological polar surface area (TPSA) is 30.5 Å². The van der Waals surface area contributed by atoms with Gasteiger partial charge in [-0.25, -0.2) is 0 Å². The van der Waals surface area contributed by atoms with E-state index in [2.05, 4.69) is 19.2 Å². The van der Waals surface area contributed by atoms with Crippen LogP contribution in [0.3, 0.4) is 0 Å². The van der Waals surface area contributed by atoms with Crippen molar-refractivity contribution in [1.29, 1.82) is 0 Å². The lowest BCUT2D eigenvalue weighted by molar-refractivity contribution is -0.0731. The SMILES string of the molecule is CC1(C)CCC(COC2CCCNC2)O1. The first-order valence-corrected chi connectivity index (χ1v) is 6.16. The van der Waals surface area contributed by atoms with Crippen LogP contribution in [0.1, 0.15) is 39.5 Å². The maximum Gasteiger partial charge on any atom is 0.0817 e. The van der Waals surface area contributed by atoms with Crippen molar-refractivity contribution in [2.24, 2.45) is 0 Å². The molecule has 2 unspecified atom stereocenters. The molecule has 3 nitrogen and oxygen atoms in total. The molecule has 2 aliphatic rings. The van der Waals surface area contributed by atoms with E-state index in [0.29, 0.717) is 12.2 Å². The van der Waals surface area contributed by atoms with Gasteiger partial charge in [-0.1, -0.05) is 0 Å². The molecule has 0 amide bonds. The molecule has 2 aliphatic heterocycles. The number of hydrogen-bond donors (Lipinski definition) is 1. The summed E-state index contributed by atoms with van der Waals surface area (Å²) >= 11 is 0. The Labute approximate surface area is 92.5 Å². The smallest absolute Gasteiger partial charge is 0.0817 e. The molecule has 3 heteroatoms. The van der Waals surface area contributed by atoms with Gasteiger partial charge >= 0.3 is 0 Å². The quantitative estimate of drug-likeness (QED) is 0.774. The number of ether oxygens (including phenoxy) is 2. The second-order valence-electron chi connectivity index (χ2n) is 5.34. The van der Waals surface area contributed by atoms with Crippen LogP contribution < -0.4 is 5.32 Å². The molecule has 2 saturated heterocycles. The van der Waals surface area contributed by atoms with E-state index in [1.165, 1.54) is 12.8 Å². The Morgan fingerprint density at radius 2 is 2.27 bits per heavy atom. The maximum atomic E-state index is 5.89. The van der Waals surface area contributed by atoms with E-state index in [9.17, 15) is 0 Å². The van der Waals surface area contributed by atoms with E-state index in [0.717, 1.165) is 32.5 Å². The molecule has 0 bridgehead atoms. The summed E-state index contributed by atoms with van der Waals surface area (Å²) in [6.07, 6.45) is 5.47. The fraction of sp³-hybridized carbons (Fsp3) is 1.00. The molecule has 1 N–H and O–H groups in total. The van der Waals surface area contributed by atoms with E-state index in [1.807, 2.05) is 0 Å². The molecule has 0 aromatic carbocycles. The Kier molecular flexibility index (Phi) is 3.65. The van der Waals surface area contributed by atoms with Crippen molar-refractivity contribution >= 4 is 0 Å². The summed E-state index contributed by atoms with van der Waals surface area (Å²) in [4.78, 5) is 0. The summed E-state index contributed by atoms with van der Waals surface area (Å²) in [5.41, 5.74) is 0.0683. The molecule has 0 aliphatic carbocycles. The highest BCUT2D eigenvalue weighted by molar-refractivity contribution is 4.81. The Balaban J connectivity index is 1.65. The molecule has 0 saturated carbocycles. The fourth-order valence-electron chi connectivity index (χ4n) is 2.40. The Morgan fingerprint density at radius 3 is 2.87 bits per heavy atom. The fourth-order valence-corrected chi connectivity index (χ4v) is 2.40. The van der Waals surface area contributed by atoms with Crippen molar-refractivity contribution in [3.8, 4) is 0 Å². The van der Waals surface area contributed by atoms with Crippen LogP contribution in [0.2, 0.25) is 0 Å². The highest BCUT2D eigenvalue weighted by atomic mass is 16.6. The van der Waals surface area contributed by atoms with Gasteiger partial charge in [-0.15, -0.1) is 0 Å². The standard InChI is InChI=1S/C12H23NO2/c1-12(2)6-5-11(15-12)9-14-10-4-3-7-13-8-10/h10-11,13H,3-9H2,1-2H3. The maximum absolute atomic E-state index is 5.89. The van der Waals surface area contributed by atoms with Crippen molar-refractivity contribution in [2.45, 2.75) is 57.3 Å². The third-order valence-electron chi connectivity index (χ3n) is 3.32. The molecule has 15 heavy (non-hydrogen) atoms. The third-order valence-corrected chi connectivity index (χ3v) is 3.32. The molecule has 2 atom stereocenters. The minimum Gasteiger partial charge on any atom is -0.374 e. The van der Waals surface area contributed by atoms with Gasteiger partial charge in [0, 0.05) is 6.54 Å². The predicted molar refractivity (Wildman–Crippen MR) is 60.0 cm³/mol. The molecule has 88 valence electrons. The van der Waals surface area contributed by atoms with Gasteiger partial charge in [0.1, 0.15) is 0 Å². The van der Waals surface area contributed by atoms with E-state index in [4.69, 9.17) is 9.47 Å². The Morgan fingerprint density at radius 1 is 1.40 bits per heavy atom. The van der Waals surface area contributed by atoms with Crippen LogP contribution in [0.5, 0.6) is 0 Å². The van der Waals surface area contributed by atoms with Gasteiger partial charge in [0.15, 0.2) is 0 Å². The van der Waals surface area contributed by atoms with Crippen LogP contribution in [0.25, 0.3) is 0 Å². The first-order valence-electron chi connectivity index (χ1n) is 6.16. The van der Waals surface area contributed by atoms with Crippen LogP contribution in [0.4, 0.5) is 0 Å². The van der Waals surface area contributed by atoms with Crippen molar-refractivity contribution in [1.82, 2.24) is 5.32 Å². The number of piperidine rings is 1. The molecule has 0 radical (unpaired) electrons. The minimum absolute atomic E-state index is 0.0683. The van der Waals surface area contributed by atoms with Gasteiger partial charge < -0.3 is 14.8 Å². The molecule has 2 fully saturated rings. The van der Waals surface area contributed by atoms with Gasteiger partial charge in [-0.05, 0) is 46.1 Å². The van der Waals surface area contributed by atoms with Crippen LogP contribution >= 0.6 is 0 Å². The monoisotopic (exact) mass is 213 g/mol. The van der Waals surface area contributed by atoms with Crippen LogP contribution in [0.15, 0.2) is 0 Å². The predicted octanol–water partition coefficient (Wildman–Crippen LogP) is 1.71. The van der Waals surface area contributed by atoms with Gasteiger partial charge in [-0.2, -0.15) is 0 Å². The normalized spacial score (nSPS) is 35.6. The first kappa shape index (κ1) is 11.4. The summed E-state index contributed by atoms with van der Waals surface area (Å²) in [5.74, 6) is 0. The minimum atomic E-state index is 0.0683. The molecule has 2 heterocycles. The van der Waals surface area contributed by atoms with Crippen LogP contribution in [-0.2, 0) is 9.47 Å². The van der Waals surface area contributed by atoms with Gasteiger partial charge in [0.25, 0.3) is 0 Å². The van der Waals surface area contributed by atoms with Crippen LogP contribution in [-0.4, -0.2) is 37.5 Å². The van der Waals surface area contributed by atoms with Gasteiger partial charge in [-0.3, -0.25) is 0 Å².